The van der Waals surface area contributed by atoms with E-state index in [2.05, 4.69) is 16.7 Å². The normalized spacial score (nSPS) is 18.2. The smallest absolute Gasteiger partial charge is 0.246 e. The summed E-state index contributed by atoms with van der Waals surface area (Å²) >= 11 is 5.94. The number of likely N-dealkylation sites (tertiary alicyclic amines) is 2. The van der Waals surface area contributed by atoms with Crippen molar-refractivity contribution in [3.05, 3.63) is 113 Å². The van der Waals surface area contributed by atoms with Gasteiger partial charge in [0.2, 0.25) is 29.5 Å². The van der Waals surface area contributed by atoms with Crippen LogP contribution in [0.25, 0.3) is 5.57 Å². The summed E-state index contributed by atoms with van der Waals surface area (Å²) in [5.74, 6) is -2.69. The van der Waals surface area contributed by atoms with Crippen molar-refractivity contribution in [3.63, 3.8) is 0 Å². The number of rotatable bonds is 14. The summed E-state index contributed by atoms with van der Waals surface area (Å²) in [6.07, 6.45) is 7.82. The standard InChI is InChI=1S/C44H51ClFN5O5/c1-49(40(52)29-45)39(27-30-12-4-2-5-13-30)44(56)51-25-11-8-16-38(51)42(54)47-36(28-33-20-19-32-14-6-7-15-35(32)33)41(53)48-37(26-31-17-21-34(46)22-18-31)43(55)50-23-9-3-10-24-50/h2,4-7,12-15,17-18,20-22,36-39H,3,8-11,16,19,23-29H2,1H3,(H,47,54)(H,48,53)/t36-,37-,38-,39-/m0/s1. The molecule has 0 saturated carbocycles. The van der Waals surface area contributed by atoms with E-state index in [1.807, 2.05) is 54.6 Å². The van der Waals surface area contributed by atoms with Gasteiger partial charge in [0.25, 0.3) is 0 Å². The van der Waals surface area contributed by atoms with Gasteiger partial charge in [-0.2, -0.15) is 0 Å². The molecule has 2 heterocycles. The summed E-state index contributed by atoms with van der Waals surface area (Å²) < 4.78 is 13.8. The predicted molar refractivity (Wildman–Crippen MR) is 214 cm³/mol. The molecule has 0 bridgehead atoms. The van der Waals surface area contributed by atoms with E-state index in [1.165, 1.54) is 17.0 Å². The molecule has 56 heavy (non-hydrogen) atoms. The van der Waals surface area contributed by atoms with Gasteiger partial charge >= 0.3 is 0 Å². The fraction of sp³-hybridized carbons (Fsp3) is 0.432. The van der Waals surface area contributed by atoms with Crippen molar-refractivity contribution >= 4 is 46.7 Å². The van der Waals surface area contributed by atoms with Crippen molar-refractivity contribution in [1.29, 1.82) is 0 Å². The molecule has 0 unspecified atom stereocenters. The molecule has 5 amide bonds. The Morgan fingerprint density at radius 2 is 1.45 bits per heavy atom. The van der Waals surface area contributed by atoms with Crippen LogP contribution in [0.3, 0.4) is 0 Å². The number of hydrogen-bond donors (Lipinski definition) is 2. The molecular formula is C44H51ClFN5O5. The molecule has 1 aliphatic carbocycles. The summed E-state index contributed by atoms with van der Waals surface area (Å²) in [5.41, 5.74) is 4.56. The van der Waals surface area contributed by atoms with Crippen molar-refractivity contribution in [2.24, 2.45) is 0 Å². The maximum Gasteiger partial charge on any atom is 0.246 e. The van der Waals surface area contributed by atoms with E-state index < -0.39 is 47.7 Å². The van der Waals surface area contributed by atoms with Crippen molar-refractivity contribution in [3.8, 4) is 0 Å². The summed E-state index contributed by atoms with van der Waals surface area (Å²) in [7, 11) is 1.55. The average Bonchev–Trinajstić information content (AvgIpc) is 3.65. The second-order valence-corrected chi connectivity index (χ2v) is 15.3. The number of carbonyl (C=O) groups is 5. The Morgan fingerprint density at radius 3 is 2.18 bits per heavy atom. The Kier molecular flexibility index (Phi) is 13.9. The molecule has 2 saturated heterocycles. The minimum Gasteiger partial charge on any atom is -0.342 e. The quantitative estimate of drug-likeness (QED) is 0.222. The lowest BCUT2D eigenvalue weighted by atomic mass is 9.95. The van der Waals surface area contributed by atoms with Gasteiger partial charge in [0.05, 0.1) is 0 Å². The maximum absolute atomic E-state index is 14.5. The van der Waals surface area contributed by atoms with Crippen molar-refractivity contribution in [1.82, 2.24) is 25.3 Å². The molecule has 12 heteroatoms. The van der Waals surface area contributed by atoms with Crippen LogP contribution in [0.4, 0.5) is 4.39 Å². The lowest BCUT2D eigenvalue weighted by molar-refractivity contribution is -0.150. The van der Waals surface area contributed by atoms with Crippen LogP contribution >= 0.6 is 11.6 Å². The highest BCUT2D eigenvalue weighted by molar-refractivity contribution is 6.27. The predicted octanol–water partition coefficient (Wildman–Crippen LogP) is 5.07. The number of piperidine rings is 2. The number of nitrogens with zero attached hydrogens (tertiary/aromatic N) is 3. The molecule has 2 fully saturated rings. The van der Waals surface area contributed by atoms with Gasteiger partial charge in [-0.3, -0.25) is 24.0 Å². The van der Waals surface area contributed by atoms with Gasteiger partial charge in [0, 0.05) is 45.9 Å². The van der Waals surface area contributed by atoms with Gasteiger partial charge in [0.1, 0.15) is 35.9 Å². The minimum atomic E-state index is -1.08. The first kappa shape index (κ1) is 40.6. The van der Waals surface area contributed by atoms with Crippen LogP contribution in [0.2, 0.25) is 0 Å². The Balaban J connectivity index is 1.27. The highest BCUT2D eigenvalue weighted by atomic mass is 35.5. The molecule has 10 nitrogen and oxygen atoms in total. The molecule has 0 radical (unpaired) electrons. The largest absolute Gasteiger partial charge is 0.342 e. The Morgan fingerprint density at radius 1 is 0.768 bits per heavy atom. The van der Waals surface area contributed by atoms with Gasteiger partial charge in [0.15, 0.2) is 0 Å². The number of benzene rings is 3. The van der Waals surface area contributed by atoms with Crippen molar-refractivity contribution in [2.45, 2.75) is 88.4 Å². The van der Waals surface area contributed by atoms with E-state index in [4.69, 9.17) is 11.6 Å². The third kappa shape index (κ3) is 10.0. The van der Waals surface area contributed by atoms with Crippen LogP contribution in [0.15, 0.2) is 84.9 Å². The third-order valence-electron chi connectivity index (χ3n) is 11.2. The third-order valence-corrected chi connectivity index (χ3v) is 11.5. The van der Waals surface area contributed by atoms with Gasteiger partial charge in [-0.05, 0) is 84.9 Å². The number of nitrogens with one attached hydrogen (secondary N) is 2. The molecular weight excluding hydrogens is 733 g/mol. The van der Waals surface area contributed by atoms with Crippen molar-refractivity contribution < 1.29 is 28.4 Å². The summed E-state index contributed by atoms with van der Waals surface area (Å²) in [4.78, 5) is 74.9. The number of fused-ring (bicyclic) bond motifs is 1. The van der Waals surface area contributed by atoms with E-state index in [1.54, 1.807) is 29.0 Å². The second-order valence-electron chi connectivity index (χ2n) is 15.0. The molecule has 3 aliphatic rings. The summed E-state index contributed by atoms with van der Waals surface area (Å²) in [5, 5.41) is 6.01. The fourth-order valence-electron chi connectivity index (χ4n) is 8.06. The van der Waals surface area contributed by atoms with Gasteiger partial charge in [-0.15, -0.1) is 11.6 Å². The summed E-state index contributed by atoms with van der Waals surface area (Å²) in [6.45, 7) is 1.48. The Hall–Kier alpha value is -5.03. The molecule has 296 valence electrons. The lowest BCUT2D eigenvalue weighted by Crippen LogP contribution is -2.61. The highest BCUT2D eigenvalue weighted by Gasteiger charge is 2.40. The number of likely N-dealkylation sites (N-methyl/N-ethyl adjacent to an activating group) is 1. The topological polar surface area (TPSA) is 119 Å². The van der Waals surface area contributed by atoms with Crippen molar-refractivity contribution in [2.75, 3.05) is 32.6 Å². The molecule has 2 N–H and O–H groups in total. The van der Waals surface area contributed by atoms with Gasteiger partial charge in [-0.1, -0.05) is 72.8 Å². The minimum absolute atomic E-state index is 0.149. The second kappa shape index (κ2) is 19.2. The first-order chi connectivity index (χ1) is 27.1. The number of hydrogen-bond acceptors (Lipinski definition) is 5. The number of allylic oxidation sites excluding steroid dienone is 1. The number of halogens is 2. The SMILES string of the molecule is CN(C(=O)CCl)[C@@H](Cc1ccccc1)C(=O)N1CCCC[C@H]1C(=O)N[C@@H](CC1=CCc2ccccc21)C(=O)N[C@@H](Cc1ccc(F)cc1)C(=O)N1CCCCC1. The molecule has 0 aromatic heterocycles. The zero-order valence-electron chi connectivity index (χ0n) is 31.9. The average molecular weight is 784 g/mol. The first-order valence-electron chi connectivity index (χ1n) is 19.7. The first-order valence-corrected chi connectivity index (χ1v) is 20.2. The molecule has 3 aromatic rings. The Labute approximate surface area is 333 Å². The number of carbonyl (C=O) groups excluding carboxylic acids is 5. The van der Waals surface area contributed by atoms with E-state index in [9.17, 15) is 28.4 Å². The van der Waals surface area contributed by atoms with E-state index >= 15 is 0 Å². The molecule has 6 rings (SSSR count). The van der Waals surface area contributed by atoms with Crippen LogP contribution < -0.4 is 10.6 Å². The van der Waals surface area contributed by atoms with Crippen LogP contribution in [0, 0.1) is 5.82 Å². The maximum atomic E-state index is 14.5. The highest BCUT2D eigenvalue weighted by Crippen LogP contribution is 2.31. The molecule has 2 aliphatic heterocycles. The number of alkyl halides is 1. The van der Waals surface area contributed by atoms with Crippen LogP contribution in [-0.4, -0.2) is 101 Å². The van der Waals surface area contributed by atoms with Crippen LogP contribution in [-0.2, 0) is 43.2 Å². The fourth-order valence-corrected chi connectivity index (χ4v) is 8.25. The summed E-state index contributed by atoms with van der Waals surface area (Å²) in [6, 6.07) is 19.4. The zero-order chi connectivity index (χ0) is 39.6. The Bertz CT molecular complexity index is 1900. The van der Waals surface area contributed by atoms with Gasteiger partial charge < -0.3 is 25.3 Å². The van der Waals surface area contributed by atoms with Crippen LogP contribution in [0.1, 0.15) is 67.2 Å². The van der Waals surface area contributed by atoms with E-state index in [0.717, 1.165) is 41.5 Å². The lowest BCUT2D eigenvalue weighted by Gasteiger charge is -2.39. The molecule has 0 spiro atoms. The molecule has 4 atom stereocenters. The monoisotopic (exact) mass is 783 g/mol. The molecule has 3 aromatic carbocycles. The van der Waals surface area contributed by atoms with E-state index in [0.29, 0.717) is 50.9 Å². The zero-order valence-corrected chi connectivity index (χ0v) is 32.7. The van der Waals surface area contributed by atoms with Gasteiger partial charge in [-0.25, -0.2) is 4.39 Å². The van der Waals surface area contributed by atoms with Crippen LogP contribution in [0.5, 0.6) is 0 Å². The van der Waals surface area contributed by atoms with E-state index in [-0.39, 0.29) is 37.0 Å². The number of amides is 5.